The number of nitrogens with zero attached hydrogens (tertiary/aromatic N) is 2. The van der Waals surface area contributed by atoms with Crippen LogP contribution in [-0.4, -0.2) is 28.4 Å². The molecule has 2 amide bonds. The number of aromatic hydroxyl groups is 1. The van der Waals surface area contributed by atoms with Crippen LogP contribution in [0.25, 0.3) is 0 Å². The van der Waals surface area contributed by atoms with Crippen LogP contribution in [0.4, 0.5) is 16.3 Å². The van der Waals surface area contributed by atoms with E-state index in [4.69, 9.17) is 0 Å². The number of nitrogens with one attached hydrogen (secondary N) is 2. The summed E-state index contributed by atoms with van der Waals surface area (Å²) in [4.78, 5) is 24.1. The van der Waals surface area contributed by atoms with Crippen molar-refractivity contribution in [1.82, 2.24) is 10.2 Å². The van der Waals surface area contributed by atoms with Crippen LogP contribution in [0.3, 0.4) is 0 Å². The Kier molecular flexibility index (Phi) is 3.46. The van der Waals surface area contributed by atoms with Crippen molar-refractivity contribution in [3.05, 3.63) is 46.8 Å². The van der Waals surface area contributed by atoms with Gasteiger partial charge in [0.15, 0.2) is 5.82 Å². The summed E-state index contributed by atoms with van der Waals surface area (Å²) in [6, 6.07) is 8.44. The van der Waals surface area contributed by atoms with Crippen molar-refractivity contribution in [3.8, 4) is 5.75 Å². The number of benzene rings is 1. The largest absolute Gasteiger partial charge is 0.508 e. The molecule has 0 aliphatic heterocycles. The van der Waals surface area contributed by atoms with Crippen LogP contribution in [0.2, 0.25) is 0 Å². The zero-order chi connectivity index (χ0) is 13.8. The van der Waals surface area contributed by atoms with Gasteiger partial charge >= 0.3 is 6.03 Å². The first kappa shape index (κ1) is 12.6. The Morgan fingerprint density at radius 3 is 2.53 bits per heavy atom. The number of phenols is 1. The predicted molar refractivity (Wildman–Crippen MR) is 70.4 cm³/mol. The summed E-state index contributed by atoms with van der Waals surface area (Å²) >= 11 is 0. The molecule has 2 rings (SSSR count). The van der Waals surface area contributed by atoms with Crippen molar-refractivity contribution in [3.63, 3.8) is 0 Å². The highest BCUT2D eigenvalue weighted by atomic mass is 16.3. The molecule has 19 heavy (non-hydrogen) atoms. The molecule has 2 aromatic rings. The van der Waals surface area contributed by atoms with Gasteiger partial charge in [-0.3, -0.25) is 15.0 Å². The van der Waals surface area contributed by atoms with E-state index in [1.807, 2.05) is 0 Å². The first-order chi connectivity index (χ1) is 9.06. The molecular weight excluding hydrogens is 248 g/mol. The van der Waals surface area contributed by atoms with Crippen molar-refractivity contribution in [2.24, 2.45) is 0 Å². The van der Waals surface area contributed by atoms with E-state index in [0.29, 0.717) is 5.69 Å². The number of amides is 2. The average molecular weight is 260 g/mol. The predicted octanol–water partition coefficient (Wildman–Crippen LogP) is 1.14. The Morgan fingerprint density at radius 2 is 1.95 bits per heavy atom. The topological polar surface area (TPSA) is 98.3 Å². The lowest BCUT2D eigenvalue weighted by Crippen LogP contribution is -2.31. The van der Waals surface area contributed by atoms with Gasteiger partial charge in [0.05, 0.1) is 0 Å². The van der Waals surface area contributed by atoms with Gasteiger partial charge in [-0.05, 0) is 30.3 Å². The molecule has 1 aromatic carbocycles. The molecule has 0 unspecified atom stereocenters. The van der Waals surface area contributed by atoms with Crippen LogP contribution in [0.15, 0.2) is 41.2 Å². The maximum absolute atomic E-state index is 11.9. The normalized spacial score (nSPS) is 9.95. The number of hydrogen-bond donors (Lipinski definition) is 3. The molecule has 0 bridgehead atoms. The highest BCUT2D eigenvalue weighted by Gasteiger charge is 2.11. The van der Waals surface area contributed by atoms with Gasteiger partial charge in [-0.2, -0.15) is 5.10 Å². The quantitative estimate of drug-likeness (QED) is 0.754. The molecule has 0 fully saturated rings. The molecule has 7 nitrogen and oxygen atoms in total. The Bertz CT molecular complexity index is 616. The average Bonchev–Trinajstić information content (AvgIpc) is 2.41. The number of hydrogen-bond acceptors (Lipinski definition) is 4. The highest BCUT2D eigenvalue weighted by Crippen LogP contribution is 2.17. The molecular formula is C12H12N4O3. The first-order valence-electron chi connectivity index (χ1n) is 5.46. The summed E-state index contributed by atoms with van der Waals surface area (Å²) in [5.74, 6) is 0.370. The van der Waals surface area contributed by atoms with Crippen LogP contribution in [0.1, 0.15) is 0 Å². The molecule has 0 aliphatic carbocycles. The van der Waals surface area contributed by atoms with Gasteiger partial charge in [-0.25, -0.2) is 9.89 Å². The third kappa shape index (κ3) is 3.09. The van der Waals surface area contributed by atoms with Crippen molar-refractivity contribution < 1.29 is 9.90 Å². The Labute approximate surface area is 108 Å². The maximum Gasteiger partial charge on any atom is 0.327 e. The van der Waals surface area contributed by atoms with E-state index in [2.05, 4.69) is 15.5 Å². The van der Waals surface area contributed by atoms with E-state index in [1.165, 1.54) is 29.2 Å². The van der Waals surface area contributed by atoms with Gasteiger partial charge < -0.3 is 5.11 Å². The van der Waals surface area contributed by atoms with Crippen LogP contribution in [0, 0.1) is 0 Å². The second-order valence-corrected chi connectivity index (χ2v) is 3.81. The molecule has 0 spiro atoms. The maximum atomic E-state index is 11.9. The lowest BCUT2D eigenvalue weighted by Gasteiger charge is -2.17. The van der Waals surface area contributed by atoms with E-state index >= 15 is 0 Å². The molecule has 3 N–H and O–H groups in total. The molecule has 0 saturated carbocycles. The van der Waals surface area contributed by atoms with Crippen molar-refractivity contribution in [2.75, 3.05) is 17.3 Å². The zero-order valence-electron chi connectivity index (χ0n) is 10.1. The fraction of sp³-hybridized carbons (Fsp3) is 0.0833. The van der Waals surface area contributed by atoms with E-state index in [-0.39, 0.29) is 17.1 Å². The van der Waals surface area contributed by atoms with Crippen molar-refractivity contribution >= 4 is 17.5 Å². The van der Waals surface area contributed by atoms with Gasteiger partial charge in [-0.1, -0.05) is 0 Å². The summed E-state index contributed by atoms with van der Waals surface area (Å²) < 4.78 is 0. The second kappa shape index (κ2) is 5.21. The first-order valence-corrected chi connectivity index (χ1v) is 5.46. The molecule has 7 heteroatoms. The van der Waals surface area contributed by atoms with E-state index in [1.54, 1.807) is 19.2 Å². The molecule has 0 saturated heterocycles. The molecule has 1 heterocycles. The monoisotopic (exact) mass is 260 g/mol. The van der Waals surface area contributed by atoms with E-state index in [0.717, 1.165) is 0 Å². The van der Waals surface area contributed by atoms with E-state index in [9.17, 15) is 14.7 Å². The van der Waals surface area contributed by atoms with Crippen molar-refractivity contribution in [2.45, 2.75) is 0 Å². The summed E-state index contributed by atoms with van der Waals surface area (Å²) in [5.41, 5.74) is 0.268. The standard InChI is InChI=1S/C12H12N4O3/c1-16(8-2-4-9(17)5-3-8)12(19)13-10-6-7-11(18)15-14-10/h2-7,17H,1H3,(H,15,18)(H,13,14,19). The second-order valence-electron chi connectivity index (χ2n) is 3.81. The molecule has 0 atom stereocenters. The highest BCUT2D eigenvalue weighted by molar-refractivity contribution is 6.00. The van der Waals surface area contributed by atoms with Crippen LogP contribution in [-0.2, 0) is 0 Å². The van der Waals surface area contributed by atoms with Gasteiger partial charge in [0.2, 0.25) is 0 Å². The fourth-order valence-corrected chi connectivity index (χ4v) is 1.40. The van der Waals surface area contributed by atoms with E-state index < -0.39 is 6.03 Å². The Hall–Kier alpha value is -2.83. The summed E-state index contributed by atoms with van der Waals surface area (Å²) in [5, 5.41) is 17.6. The Balaban J connectivity index is 2.09. The minimum atomic E-state index is -0.412. The summed E-state index contributed by atoms with van der Waals surface area (Å²) in [6.45, 7) is 0. The number of carbonyl (C=O) groups excluding carboxylic acids is 1. The lowest BCUT2D eigenvalue weighted by atomic mass is 10.3. The van der Waals surface area contributed by atoms with Gasteiger partial charge in [0, 0.05) is 18.8 Å². The number of aromatic amines is 1. The number of phenolic OH excluding ortho intramolecular Hbond substituents is 1. The lowest BCUT2D eigenvalue weighted by molar-refractivity contribution is 0.258. The van der Waals surface area contributed by atoms with Crippen LogP contribution < -0.4 is 15.8 Å². The van der Waals surface area contributed by atoms with Crippen LogP contribution in [0.5, 0.6) is 5.75 Å². The van der Waals surface area contributed by atoms with Gasteiger partial charge in [-0.15, -0.1) is 0 Å². The molecule has 1 aromatic heterocycles. The summed E-state index contributed by atoms with van der Waals surface area (Å²) in [7, 11) is 1.58. The number of aromatic nitrogens is 2. The molecule has 0 aliphatic rings. The van der Waals surface area contributed by atoms with Crippen molar-refractivity contribution in [1.29, 1.82) is 0 Å². The number of anilines is 2. The zero-order valence-corrected chi connectivity index (χ0v) is 10.1. The number of urea groups is 1. The fourth-order valence-electron chi connectivity index (χ4n) is 1.40. The number of carbonyl (C=O) groups is 1. The third-order valence-electron chi connectivity index (χ3n) is 2.46. The minimum absolute atomic E-state index is 0.125. The number of rotatable bonds is 2. The van der Waals surface area contributed by atoms with Gasteiger partial charge in [0.1, 0.15) is 5.75 Å². The Morgan fingerprint density at radius 1 is 1.26 bits per heavy atom. The SMILES string of the molecule is CN(C(=O)Nc1ccc(=O)[nH]n1)c1ccc(O)cc1. The third-order valence-corrected chi connectivity index (χ3v) is 2.46. The smallest absolute Gasteiger partial charge is 0.327 e. The van der Waals surface area contributed by atoms with Gasteiger partial charge in [0.25, 0.3) is 5.56 Å². The number of H-pyrrole nitrogens is 1. The summed E-state index contributed by atoms with van der Waals surface area (Å²) in [6.07, 6.45) is 0. The minimum Gasteiger partial charge on any atom is -0.508 e. The molecule has 98 valence electrons. The van der Waals surface area contributed by atoms with Crippen LogP contribution >= 0.6 is 0 Å². The molecule has 0 radical (unpaired) electrons.